The highest BCUT2D eigenvalue weighted by Gasteiger charge is 2.14. The summed E-state index contributed by atoms with van der Waals surface area (Å²) < 4.78 is 5.11. The topological polar surface area (TPSA) is 79.5 Å². The molecule has 0 aromatic carbocycles. The van der Waals surface area contributed by atoms with E-state index in [0.717, 1.165) is 5.76 Å². The zero-order chi connectivity index (χ0) is 11.3. The SMILES string of the molecule is CC(CCc1ccco1)NC(=O)C(=O)O. The van der Waals surface area contributed by atoms with Crippen molar-refractivity contribution < 1.29 is 19.1 Å². The van der Waals surface area contributed by atoms with E-state index in [4.69, 9.17) is 9.52 Å². The van der Waals surface area contributed by atoms with Gasteiger partial charge >= 0.3 is 11.9 Å². The first-order valence-electron chi connectivity index (χ1n) is 4.65. The van der Waals surface area contributed by atoms with Crippen LogP contribution in [-0.2, 0) is 16.0 Å². The van der Waals surface area contributed by atoms with E-state index in [0.29, 0.717) is 12.8 Å². The quantitative estimate of drug-likeness (QED) is 0.722. The second-order valence-corrected chi connectivity index (χ2v) is 3.30. The van der Waals surface area contributed by atoms with Gasteiger partial charge in [-0.1, -0.05) is 0 Å². The molecule has 0 radical (unpaired) electrons. The third-order valence-electron chi connectivity index (χ3n) is 1.98. The van der Waals surface area contributed by atoms with Crippen LogP contribution >= 0.6 is 0 Å². The zero-order valence-electron chi connectivity index (χ0n) is 8.40. The molecule has 1 amide bonds. The van der Waals surface area contributed by atoms with Crippen molar-refractivity contribution in [1.82, 2.24) is 5.32 Å². The van der Waals surface area contributed by atoms with Gasteiger partial charge in [0.25, 0.3) is 0 Å². The van der Waals surface area contributed by atoms with Crippen LogP contribution in [0.1, 0.15) is 19.1 Å². The van der Waals surface area contributed by atoms with E-state index in [1.165, 1.54) is 0 Å². The molecule has 0 fully saturated rings. The predicted octanol–water partition coefficient (Wildman–Crippen LogP) is 0.802. The van der Waals surface area contributed by atoms with Gasteiger partial charge in [0.05, 0.1) is 6.26 Å². The van der Waals surface area contributed by atoms with Crippen molar-refractivity contribution in [1.29, 1.82) is 0 Å². The molecule has 0 saturated heterocycles. The van der Waals surface area contributed by atoms with E-state index in [-0.39, 0.29) is 6.04 Å². The van der Waals surface area contributed by atoms with Crippen LogP contribution in [0.4, 0.5) is 0 Å². The molecular formula is C10H13NO4. The van der Waals surface area contributed by atoms with Gasteiger partial charge in [-0.2, -0.15) is 0 Å². The number of hydrogen-bond donors (Lipinski definition) is 2. The average molecular weight is 211 g/mol. The first-order chi connectivity index (χ1) is 7.09. The molecule has 0 aliphatic rings. The Hall–Kier alpha value is -1.78. The Balaban J connectivity index is 2.27. The summed E-state index contributed by atoms with van der Waals surface area (Å²) in [5.74, 6) is -1.60. The maximum absolute atomic E-state index is 10.8. The van der Waals surface area contributed by atoms with Crippen LogP contribution < -0.4 is 5.32 Å². The summed E-state index contributed by atoms with van der Waals surface area (Å²) in [4.78, 5) is 21.0. The lowest BCUT2D eigenvalue weighted by molar-refractivity contribution is -0.150. The molecule has 2 N–H and O–H groups in total. The molecule has 0 aliphatic heterocycles. The zero-order valence-corrected chi connectivity index (χ0v) is 8.40. The molecule has 82 valence electrons. The number of aryl methyl sites for hydroxylation is 1. The van der Waals surface area contributed by atoms with E-state index in [9.17, 15) is 9.59 Å². The largest absolute Gasteiger partial charge is 0.474 e. The lowest BCUT2D eigenvalue weighted by Gasteiger charge is -2.10. The third kappa shape index (κ3) is 3.84. The van der Waals surface area contributed by atoms with Crippen molar-refractivity contribution in [2.75, 3.05) is 0 Å². The number of carboxylic acid groups (broad SMARTS) is 1. The highest BCUT2D eigenvalue weighted by atomic mass is 16.4. The number of aliphatic carboxylic acids is 1. The van der Waals surface area contributed by atoms with Gasteiger partial charge in [-0.15, -0.1) is 0 Å². The highest BCUT2D eigenvalue weighted by Crippen LogP contribution is 2.05. The first-order valence-corrected chi connectivity index (χ1v) is 4.65. The van der Waals surface area contributed by atoms with Crippen LogP contribution in [0.25, 0.3) is 0 Å². The second-order valence-electron chi connectivity index (χ2n) is 3.30. The Morgan fingerprint density at radius 2 is 2.33 bits per heavy atom. The molecule has 15 heavy (non-hydrogen) atoms. The van der Waals surface area contributed by atoms with Crippen LogP contribution in [-0.4, -0.2) is 23.0 Å². The van der Waals surface area contributed by atoms with Gasteiger partial charge in [-0.05, 0) is 25.5 Å². The number of furan rings is 1. The summed E-state index contributed by atoms with van der Waals surface area (Å²) in [7, 11) is 0. The minimum atomic E-state index is -1.46. The van der Waals surface area contributed by atoms with Gasteiger partial charge in [-0.3, -0.25) is 4.79 Å². The minimum Gasteiger partial charge on any atom is -0.474 e. The van der Waals surface area contributed by atoms with Crippen LogP contribution in [0.15, 0.2) is 22.8 Å². The maximum Gasteiger partial charge on any atom is 0.394 e. The first kappa shape index (κ1) is 11.3. The number of carbonyl (C=O) groups is 2. The molecule has 0 aliphatic carbocycles. The summed E-state index contributed by atoms with van der Waals surface area (Å²) >= 11 is 0. The number of rotatable bonds is 4. The molecule has 5 heteroatoms. The van der Waals surface area contributed by atoms with Crippen molar-refractivity contribution in [2.45, 2.75) is 25.8 Å². The minimum absolute atomic E-state index is 0.182. The number of hydrogen-bond acceptors (Lipinski definition) is 3. The second kappa shape index (κ2) is 5.19. The van der Waals surface area contributed by atoms with Crippen molar-refractivity contribution in [3.8, 4) is 0 Å². The molecule has 1 atom stereocenters. The molecular weight excluding hydrogens is 198 g/mol. The van der Waals surface area contributed by atoms with Crippen molar-refractivity contribution in [3.05, 3.63) is 24.2 Å². The fourth-order valence-corrected chi connectivity index (χ4v) is 1.17. The normalized spacial score (nSPS) is 12.1. The van der Waals surface area contributed by atoms with Gasteiger partial charge in [-0.25, -0.2) is 4.79 Å². The van der Waals surface area contributed by atoms with Crippen molar-refractivity contribution >= 4 is 11.9 Å². The maximum atomic E-state index is 10.8. The third-order valence-corrected chi connectivity index (χ3v) is 1.98. The van der Waals surface area contributed by atoms with Gasteiger partial charge in [0.15, 0.2) is 0 Å². The van der Waals surface area contributed by atoms with Crippen LogP contribution in [0.2, 0.25) is 0 Å². The Labute approximate surface area is 87.1 Å². The molecule has 0 spiro atoms. The standard InChI is InChI=1S/C10H13NO4/c1-7(11-9(12)10(13)14)4-5-8-3-2-6-15-8/h2-3,6-7H,4-5H2,1H3,(H,11,12)(H,13,14). The number of carbonyl (C=O) groups excluding carboxylic acids is 1. The van der Waals surface area contributed by atoms with Gasteiger partial charge in [0, 0.05) is 12.5 Å². The Kier molecular flexibility index (Phi) is 3.91. The summed E-state index contributed by atoms with van der Waals surface area (Å²) in [6.07, 6.45) is 2.90. The van der Waals surface area contributed by atoms with Gasteiger partial charge in [0.2, 0.25) is 0 Å². The summed E-state index contributed by atoms with van der Waals surface area (Å²) in [5.41, 5.74) is 0. The predicted molar refractivity (Wildman–Crippen MR) is 52.3 cm³/mol. The smallest absolute Gasteiger partial charge is 0.394 e. The van der Waals surface area contributed by atoms with E-state index < -0.39 is 11.9 Å². The monoisotopic (exact) mass is 211 g/mol. The number of amides is 1. The number of carboxylic acids is 1. The van der Waals surface area contributed by atoms with Crippen molar-refractivity contribution in [3.63, 3.8) is 0 Å². The molecule has 1 aromatic heterocycles. The lowest BCUT2D eigenvalue weighted by atomic mass is 10.1. The van der Waals surface area contributed by atoms with E-state index >= 15 is 0 Å². The molecule has 0 saturated carbocycles. The molecule has 0 bridgehead atoms. The lowest BCUT2D eigenvalue weighted by Crippen LogP contribution is -2.37. The average Bonchev–Trinajstić information content (AvgIpc) is 2.66. The molecule has 5 nitrogen and oxygen atoms in total. The Morgan fingerprint density at radius 1 is 1.60 bits per heavy atom. The fourth-order valence-electron chi connectivity index (χ4n) is 1.17. The molecule has 1 rings (SSSR count). The molecule has 1 heterocycles. The van der Waals surface area contributed by atoms with Gasteiger partial charge < -0.3 is 14.8 Å². The Morgan fingerprint density at radius 3 is 2.87 bits per heavy atom. The van der Waals surface area contributed by atoms with E-state index in [1.54, 1.807) is 19.3 Å². The van der Waals surface area contributed by atoms with Crippen molar-refractivity contribution in [2.24, 2.45) is 0 Å². The van der Waals surface area contributed by atoms with E-state index in [2.05, 4.69) is 5.32 Å². The van der Waals surface area contributed by atoms with Crippen LogP contribution in [0.5, 0.6) is 0 Å². The van der Waals surface area contributed by atoms with Crippen LogP contribution in [0, 0.1) is 0 Å². The number of nitrogens with one attached hydrogen (secondary N) is 1. The highest BCUT2D eigenvalue weighted by molar-refractivity contribution is 6.31. The summed E-state index contributed by atoms with van der Waals surface area (Å²) in [5, 5.41) is 10.7. The van der Waals surface area contributed by atoms with Gasteiger partial charge in [0.1, 0.15) is 5.76 Å². The van der Waals surface area contributed by atoms with Crippen LogP contribution in [0.3, 0.4) is 0 Å². The molecule has 1 aromatic rings. The summed E-state index contributed by atoms with van der Waals surface area (Å²) in [6, 6.07) is 3.44. The Bertz CT molecular complexity index is 331. The van der Waals surface area contributed by atoms with E-state index in [1.807, 2.05) is 6.07 Å². The molecule has 1 unspecified atom stereocenters. The fraction of sp³-hybridized carbons (Fsp3) is 0.400. The summed E-state index contributed by atoms with van der Waals surface area (Å²) in [6.45, 7) is 1.75.